The van der Waals surface area contributed by atoms with E-state index >= 15 is 0 Å². The Kier molecular flexibility index (Phi) is 3.42. The molecule has 0 aliphatic rings. The lowest BCUT2D eigenvalue weighted by atomic mass is 10.1. The van der Waals surface area contributed by atoms with E-state index in [0.717, 1.165) is 0 Å². The summed E-state index contributed by atoms with van der Waals surface area (Å²) in [5.41, 5.74) is 12.6. The summed E-state index contributed by atoms with van der Waals surface area (Å²) in [5.74, 6) is 0.0436. The first-order valence-corrected chi connectivity index (χ1v) is 5.35. The molecule has 7 heteroatoms. The van der Waals surface area contributed by atoms with Gasteiger partial charge in [-0.25, -0.2) is 0 Å². The molecule has 0 spiro atoms. The number of hydrogen-bond donors (Lipinski definition) is 3. The molecule has 18 heavy (non-hydrogen) atoms. The van der Waals surface area contributed by atoms with Gasteiger partial charge in [0, 0.05) is 18.5 Å². The molecule has 0 saturated heterocycles. The monoisotopic (exact) mass is 247 g/mol. The van der Waals surface area contributed by atoms with Gasteiger partial charge in [-0.1, -0.05) is 5.16 Å². The zero-order valence-corrected chi connectivity index (χ0v) is 9.59. The van der Waals surface area contributed by atoms with Crippen LogP contribution in [0.2, 0.25) is 0 Å². The Morgan fingerprint density at radius 1 is 1.44 bits per heavy atom. The van der Waals surface area contributed by atoms with Crippen LogP contribution in [0.4, 0.5) is 11.4 Å². The van der Waals surface area contributed by atoms with Crippen molar-refractivity contribution in [3.05, 3.63) is 36.0 Å². The minimum Gasteiger partial charge on any atom is -0.397 e. The van der Waals surface area contributed by atoms with Gasteiger partial charge in [-0.2, -0.15) is 4.98 Å². The number of amides is 1. The highest BCUT2D eigenvalue weighted by molar-refractivity contribution is 5.94. The predicted octanol–water partition coefficient (Wildman–Crippen LogP) is 0.405. The molecule has 0 fully saturated rings. The van der Waals surface area contributed by atoms with Gasteiger partial charge in [-0.15, -0.1) is 0 Å². The average molecular weight is 247 g/mol. The van der Waals surface area contributed by atoms with Crippen molar-refractivity contribution in [2.75, 3.05) is 17.6 Å². The molecule has 0 aliphatic heterocycles. The Bertz CT molecular complexity index is 538. The van der Waals surface area contributed by atoms with Gasteiger partial charge >= 0.3 is 0 Å². The first kappa shape index (κ1) is 11.9. The Morgan fingerprint density at radius 3 is 2.94 bits per heavy atom. The van der Waals surface area contributed by atoms with Crippen molar-refractivity contribution in [2.24, 2.45) is 5.73 Å². The van der Waals surface area contributed by atoms with E-state index in [9.17, 15) is 4.79 Å². The topological polar surface area (TPSA) is 120 Å². The van der Waals surface area contributed by atoms with E-state index in [-0.39, 0.29) is 0 Å². The second-order valence-electron chi connectivity index (χ2n) is 3.68. The van der Waals surface area contributed by atoms with Crippen LogP contribution >= 0.6 is 0 Å². The maximum absolute atomic E-state index is 11.0. The van der Waals surface area contributed by atoms with Gasteiger partial charge in [0.1, 0.15) is 0 Å². The number of carbonyl (C=O) groups is 1. The predicted molar refractivity (Wildman–Crippen MR) is 65.9 cm³/mol. The lowest BCUT2D eigenvalue weighted by Crippen LogP contribution is -2.13. The molecule has 0 aliphatic carbocycles. The minimum absolute atomic E-state index is 0.407. The van der Waals surface area contributed by atoms with Crippen LogP contribution in [-0.4, -0.2) is 22.6 Å². The van der Waals surface area contributed by atoms with Crippen LogP contribution in [0.3, 0.4) is 0 Å². The normalized spacial score (nSPS) is 10.2. The van der Waals surface area contributed by atoms with Crippen molar-refractivity contribution < 1.29 is 9.32 Å². The van der Waals surface area contributed by atoms with Crippen molar-refractivity contribution in [2.45, 2.75) is 6.42 Å². The molecule has 1 heterocycles. The summed E-state index contributed by atoms with van der Waals surface area (Å²) in [5, 5.41) is 6.59. The number of aromatic nitrogens is 2. The molecule has 2 aromatic rings. The van der Waals surface area contributed by atoms with E-state index in [1.165, 1.54) is 6.33 Å². The third-order valence-electron chi connectivity index (χ3n) is 2.40. The molecule has 5 N–H and O–H groups in total. The summed E-state index contributed by atoms with van der Waals surface area (Å²) in [7, 11) is 0. The van der Waals surface area contributed by atoms with Crippen LogP contribution in [0.25, 0.3) is 0 Å². The van der Waals surface area contributed by atoms with E-state index < -0.39 is 5.91 Å². The number of benzene rings is 1. The maximum Gasteiger partial charge on any atom is 0.248 e. The van der Waals surface area contributed by atoms with Crippen LogP contribution < -0.4 is 16.8 Å². The smallest absolute Gasteiger partial charge is 0.248 e. The number of hydrogen-bond acceptors (Lipinski definition) is 6. The molecular formula is C11H13N5O2. The number of nitrogen functional groups attached to an aromatic ring is 1. The van der Waals surface area contributed by atoms with Gasteiger partial charge in [0.05, 0.1) is 11.4 Å². The van der Waals surface area contributed by atoms with Crippen LogP contribution in [0.5, 0.6) is 0 Å². The third-order valence-corrected chi connectivity index (χ3v) is 2.40. The fraction of sp³-hybridized carbons (Fsp3) is 0.182. The first-order chi connectivity index (χ1) is 8.66. The van der Waals surface area contributed by atoms with Crippen LogP contribution in [0.1, 0.15) is 16.2 Å². The van der Waals surface area contributed by atoms with Crippen molar-refractivity contribution in [3.8, 4) is 0 Å². The van der Waals surface area contributed by atoms with Crippen molar-refractivity contribution in [1.82, 2.24) is 10.1 Å². The lowest BCUT2D eigenvalue weighted by Gasteiger charge is -2.09. The standard InChI is InChI=1S/C11H13N5O2/c12-8-2-1-7(11(13)17)5-9(8)14-4-3-10-15-6-16-18-10/h1-2,5-6,14H,3-4,12H2,(H2,13,17). The van der Waals surface area contributed by atoms with E-state index in [1.807, 2.05) is 0 Å². The number of anilines is 2. The van der Waals surface area contributed by atoms with E-state index in [4.69, 9.17) is 16.0 Å². The molecule has 94 valence electrons. The first-order valence-electron chi connectivity index (χ1n) is 5.35. The van der Waals surface area contributed by atoms with Gasteiger partial charge in [0.15, 0.2) is 6.33 Å². The fourth-order valence-corrected chi connectivity index (χ4v) is 1.47. The molecule has 1 aromatic heterocycles. The number of nitrogens with one attached hydrogen (secondary N) is 1. The summed E-state index contributed by atoms with van der Waals surface area (Å²) < 4.78 is 4.86. The highest BCUT2D eigenvalue weighted by Gasteiger charge is 2.05. The zero-order valence-electron chi connectivity index (χ0n) is 9.59. The second-order valence-corrected chi connectivity index (χ2v) is 3.68. The minimum atomic E-state index is -0.491. The van der Waals surface area contributed by atoms with Gasteiger partial charge < -0.3 is 21.3 Å². The molecule has 0 bridgehead atoms. The van der Waals surface area contributed by atoms with Gasteiger partial charge in [-0.3, -0.25) is 4.79 Å². The quantitative estimate of drug-likeness (QED) is 0.658. The SMILES string of the molecule is NC(=O)c1ccc(N)c(NCCc2ncno2)c1. The number of rotatable bonds is 5. The number of primary amides is 1. The summed E-state index contributed by atoms with van der Waals surface area (Å²) in [6.07, 6.45) is 1.91. The maximum atomic E-state index is 11.0. The number of carbonyl (C=O) groups excluding carboxylic acids is 1. The molecule has 1 aromatic carbocycles. The van der Waals surface area contributed by atoms with Crippen LogP contribution in [0.15, 0.2) is 29.0 Å². The highest BCUT2D eigenvalue weighted by Crippen LogP contribution is 2.19. The lowest BCUT2D eigenvalue weighted by molar-refractivity contribution is 0.100. The molecule has 0 unspecified atom stereocenters. The molecular weight excluding hydrogens is 234 g/mol. The fourth-order valence-electron chi connectivity index (χ4n) is 1.47. The van der Waals surface area contributed by atoms with Crippen molar-refractivity contribution in [3.63, 3.8) is 0 Å². The van der Waals surface area contributed by atoms with E-state index in [0.29, 0.717) is 35.8 Å². The summed E-state index contributed by atoms with van der Waals surface area (Å²) in [4.78, 5) is 14.9. The molecule has 2 rings (SSSR count). The summed E-state index contributed by atoms with van der Waals surface area (Å²) in [6, 6.07) is 4.83. The van der Waals surface area contributed by atoms with Crippen LogP contribution in [0, 0.1) is 0 Å². The number of nitrogens with zero attached hydrogens (tertiary/aromatic N) is 2. The van der Waals surface area contributed by atoms with Crippen molar-refractivity contribution >= 4 is 17.3 Å². The zero-order chi connectivity index (χ0) is 13.0. The summed E-state index contributed by atoms with van der Waals surface area (Å²) in [6.45, 7) is 0.564. The summed E-state index contributed by atoms with van der Waals surface area (Å²) >= 11 is 0. The largest absolute Gasteiger partial charge is 0.397 e. The van der Waals surface area contributed by atoms with E-state index in [1.54, 1.807) is 18.2 Å². The Hall–Kier alpha value is -2.57. The Labute approximate surface area is 103 Å². The number of nitrogens with two attached hydrogens (primary N) is 2. The molecule has 0 radical (unpaired) electrons. The highest BCUT2D eigenvalue weighted by atomic mass is 16.5. The molecule has 1 amide bonds. The Morgan fingerprint density at radius 2 is 2.28 bits per heavy atom. The Balaban J connectivity index is 2.00. The van der Waals surface area contributed by atoms with Gasteiger partial charge in [0.25, 0.3) is 0 Å². The second kappa shape index (κ2) is 5.17. The van der Waals surface area contributed by atoms with Crippen molar-refractivity contribution in [1.29, 1.82) is 0 Å². The molecule has 0 atom stereocenters. The van der Waals surface area contributed by atoms with Gasteiger partial charge in [-0.05, 0) is 18.2 Å². The van der Waals surface area contributed by atoms with Crippen LogP contribution in [-0.2, 0) is 6.42 Å². The van der Waals surface area contributed by atoms with Gasteiger partial charge in [0.2, 0.25) is 11.8 Å². The average Bonchev–Trinajstić information content (AvgIpc) is 2.84. The molecule has 7 nitrogen and oxygen atoms in total. The molecule has 0 saturated carbocycles. The van der Waals surface area contributed by atoms with E-state index in [2.05, 4.69) is 15.5 Å². The third kappa shape index (κ3) is 2.76.